The van der Waals surface area contributed by atoms with Gasteiger partial charge in [-0.3, -0.25) is 0 Å². The van der Waals surface area contributed by atoms with Gasteiger partial charge in [-0.25, -0.2) is 0 Å². The average Bonchev–Trinajstić information content (AvgIpc) is 2.58. The minimum Gasteiger partial charge on any atom is -0.449 e. The van der Waals surface area contributed by atoms with Crippen LogP contribution in [0.15, 0.2) is 38.0 Å². The first-order valence-corrected chi connectivity index (χ1v) is 4.15. The van der Waals surface area contributed by atoms with Gasteiger partial charge in [0.25, 0.3) is 0 Å². The Morgan fingerprint density at radius 3 is 2.67 bits per heavy atom. The summed E-state index contributed by atoms with van der Waals surface area (Å²) in [6, 6.07) is 5.37. The Labute approximate surface area is 77.3 Å². The zero-order valence-electron chi connectivity index (χ0n) is 6.08. The third kappa shape index (κ3) is 1.25. The molecule has 62 valence electrons. The smallest absolute Gasteiger partial charge is 0.190 e. The van der Waals surface area contributed by atoms with Crippen LogP contribution in [-0.2, 0) is 0 Å². The van der Waals surface area contributed by atoms with Crippen LogP contribution in [-0.4, -0.2) is 0 Å². The normalized spacial score (nSPS) is 10.4. The molecule has 0 amide bonds. The summed E-state index contributed by atoms with van der Waals surface area (Å²) >= 11 is 3.21. The van der Waals surface area contributed by atoms with Gasteiger partial charge in [0.2, 0.25) is 0 Å². The van der Waals surface area contributed by atoms with Crippen molar-refractivity contribution in [1.82, 2.24) is 0 Å². The average molecular weight is 228 g/mol. The van der Waals surface area contributed by atoms with Crippen LogP contribution in [0.3, 0.4) is 0 Å². The van der Waals surface area contributed by atoms with E-state index in [1.807, 2.05) is 12.1 Å². The van der Waals surface area contributed by atoms with Crippen molar-refractivity contribution in [3.8, 4) is 11.3 Å². The van der Waals surface area contributed by atoms with Gasteiger partial charge in [0.1, 0.15) is 12.0 Å². The summed E-state index contributed by atoms with van der Waals surface area (Å²) in [5.41, 5.74) is 6.25. The van der Waals surface area contributed by atoms with Gasteiger partial charge in [-0.05, 0) is 28.1 Å². The number of nitrogens with two attached hydrogens (primary N) is 1. The Kier molecular flexibility index (Phi) is 1.69. The summed E-state index contributed by atoms with van der Waals surface area (Å²) in [5.74, 6) is 1.12. The molecule has 0 radical (unpaired) electrons. The van der Waals surface area contributed by atoms with E-state index in [1.165, 1.54) is 0 Å². The Hall–Kier alpha value is -1.16. The molecule has 4 heteroatoms. The number of halogens is 1. The standard InChI is InChI=1S/C8H6BrNO2/c9-7-2-1-6(12-7)5-3-8(10)11-4-5/h1-4H,10H2. The Bertz CT molecular complexity index is 353. The maximum Gasteiger partial charge on any atom is 0.190 e. The van der Waals surface area contributed by atoms with E-state index in [4.69, 9.17) is 14.6 Å². The van der Waals surface area contributed by atoms with Gasteiger partial charge in [0.05, 0.1) is 5.56 Å². The van der Waals surface area contributed by atoms with E-state index in [2.05, 4.69) is 15.9 Å². The molecule has 0 aliphatic heterocycles. The highest BCUT2D eigenvalue weighted by Gasteiger charge is 2.05. The van der Waals surface area contributed by atoms with Crippen molar-refractivity contribution in [3.05, 3.63) is 29.1 Å². The van der Waals surface area contributed by atoms with E-state index in [-0.39, 0.29) is 0 Å². The Morgan fingerprint density at radius 2 is 2.17 bits per heavy atom. The molecule has 2 aromatic rings. The molecule has 0 aliphatic carbocycles. The molecule has 0 spiro atoms. The first-order chi connectivity index (χ1) is 5.75. The first kappa shape index (κ1) is 7.49. The molecule has 0 atom stereocenters. The van der Waals surface area contributed by atoms with Gasteiger partial charge in [-0.15, -0.1) is 0 Å². The van der Waals surface area contributed by atoms with E-state index >= 15 is 0 Å². The van der Waals surface area contributed by atoms with Crippen molar-refractivity contribution in [2.24, 2.45) is 0 Å². The summed E-state index contributed by atoms with van der Waals surface area (Å²) in [4.78, 5) is 0. The fourth-order valence-corrected chi connectivity index (χ4v) is 1.26. The van der Waals surface area contributed by atoms with Crippen LogP contribution >= 0.6 is 15.9 Å². The van der Waals surface area contributed by atoms with E-state index in [0.717, 1.165) is 11.3 Å². The largest absolute Gasteiger partial charge is 0.449 e. The molecule has 3 nitrogen and oxygen atoms in total. The quantitative estimate of drug-likeness (QED) is 0.816. The van der Waals surface area contributed by atoms with Gasteiger partial charge in [-0.1, -0.05) is 0 Å². The second-order valence-electron chi connectivity index (χ2n) is 2.34. The fourth-order valence-electron chi connectivity index (χ4n) is 0.951. The molecule has 12 heavy (non-hydrogen) atoms. The minimum atomic E-state index is 0.387. The number of hydrogen-bond donors (Lipinski definition) is 1. The predicted octanol–water partition coefficient (Wildman–Crippen LogP) is 2.88. The third-order valence-corrected chi connectivity index (χ3v) is 1.90. The summed E-state index contributed by atoms with van der Waals surface area (Å²) < 4.78 is 10.9. The van der Waals surface area contributed by atoms with Crippen molar-refractivity contribution < 1.29 is 8.83 Å². The number of rotatable bonds is 1. The van der Waals surface area contributed by atoms with Crippen molar-refractivity contribution in [3.63, 3.8) is 0 Å². The molecule has 0 aliphatic rings. The van der Waals surface area contributed by atoms with Crippen LogP contribution < -0.4 is 5.73 Å². The fraction of sp³-hybridized carbons (Fsp3) is 0. The van der Waals surface area contributed by atoms with Crippen LogP contribution in [0, 0.1) is 0 Å². The van der Waals surface area contributed by atoms with Crippen LogP contribution in [0.4, 0.5) is 5.88 Å². The molecular weight excluding hydrogens is 222 g/mol. The number of anilines is 1. The first-order valence-electron chi connectivity index (χ1n) is 3.35. The molecule has 2 heterocycles. The van der Waals surface area contributed by atoms with Gasteiger partial charge in [-0.2, -0.15) is 0 Å². The molecule has 0 saturated carbocycles. The number of hydrogen-bond acceptors (Lipinski definition) is 3. The van der Waals surface area contributed by atoms with Crippen molar-refractivity contribution >= 4 is 21.8 Å². The summed E-state index contributed by atoms with van der Waals surface area (Å²) in [6.45, 7) is 0. The maximum absolute atomic E-state index is 5.40. The molecule has 0 saturated heterocycles. The molecule has 2 N–H and O–H groups in total. The monoisotopic (exact) mass is 227 g/mol. The van der Waals surface area contributed by atoms with Crippen LogP contribution in [0.1, 0.15) is 0 Å². The highest BCUT2D eigenvalue weighted by molar-refractivity contribution is 9.10. The molecular formula is C8H6BrNO2. The molecule has 0 unspecified atom stereocenters. The summed E-state index contributed by atoms with van der Waals surface area (Å²) in [5, 5.41) is 0. The SMILES string of the molecule is Nc1cc(-c2ccc(Br)o2)co1. The van der Waals surface area contributed by atoms with Gasteiger partial charge in [0, 0.05) is 6.07 Å². The van der Waals surface area contributed by atoms with Crippen LogP contribution in [0.25, 0.3) is 11.3 Å². The van der Waals surface area contributed by atoms with E-state index < -0.39 is 0 Å². The lowest BCUT2D eigenvalue weighted by atomic mass is 10.3. The number of nitrogen functional groups attached to an aromatic ring is 1. The lowest BCUT2D eigenvalue weighted by molar-refractivity contribution is 0.551. The van der Waals surface area contributed by atoms with E-state index in [9.17, 15) is 0 Å². The Balaban J connectivity index is 2.43. The van der Waals surface area contributed by atoms with Crippen LogP contribution in [0.5, 0.6) is 0 Å². The zero-order valence-corrected chi connectivity index (χ0v) is 7.67. The second-order valence-corrected chi connectivity index (χ2v) is 3.12. The highest BCUT2D eigenvalue weighted by atomic mass is 79.9. The number of furan rings is 2. The predicted molar refractivity (Wildman–Crippen MR) is 48.5 cm³/mol. The minimum absolute atomic E-state index is 0.387. The second kappa shape index (κ2) is 2.71. The summed E-state index contributed by atoms with van der Waals surface area (Å²) in [7, 11) is 0. The van der Waals surface area contributed by atoms with Crippen molar-refractivity contribution in [2.75, 3.05) is 5.73 Å². The van der Waals surface area contributed by atoms with Crippen molar-refractivity contribution in [1.29, 1.82) is 0 Å². The molecule has 2 aromatic heterocycles. The van der Waals surface area contributed by atoms with Crippen molar-refractivity contribution in [2.45, 2.75) is 0 Å². The highest BCUT2D eigenvalue weighted by Crippen LogP contribution is 2.27. The lowest BCUT2D eigenvalue weighted by Gasteiger charge is -1.85. The topological polar surface area (TPSA) is 52.3 Å². The van der Waals surface area contributed by atoms with Crippen LogP contribution in [0.2, 0.25) is 0 Å². The Morgan fingerprint density at radius 1 is 1.33 bits per heavy atom. The lowest BCUT2D eigenvalue weighted by Crippen LogP contribution is -1.75. The van der Waals surface area contributed by atoms with Gasteiger partial charge < -0.3 is 14.6 Å². The molecule has 2 rings (SSSR count). The van der Waals surface area contributed by atoms with Gasteiger partial charge in [0.15, 0.2) is 10.6 Å². The maximum atomic E-state index is 5.40. The zero-order chi connectivity index (χ0) is 8.55. The van der Waals surface area contributed by atoms with E-state index in [1.54, 1.807) is 12.3 Å². The molecule has 0 fully saturated rings. The third-order valence-electron chi connectivity index (χ3n) is 1.48. The molecule has 0 bridgehead atoms. The summed E-state index contributed by atoms with van der Waals surface area (Å²) in [6.07, 6.45) is 1.56. The van der Waals surface area contributed by atoms with E-state index in [0.29, 0.717) is 10.6 Å². The molecule has 0 aromatic carbocycles. The van der Waals surface area contributed by atoms with Gasteiger partial charge >= 0.3 is 0 Å².